The van der Waals surface area contributed by atoms with E-state index in [4.69, 9.17) is 0 Å². The molecule has 0 spiro atoms. The Bertz CT molecular complexity index is 977. The first-order valence-electron chi connectivity index (χ1n) is 9.05. The van der Waals surface area contributed by atoms with Gasteiger partial charge in [-0.05, 0) is 36.3 Å². The number of rotatable bonds is 6. The fraction of sp³-hybridized carbons (Fsp3) is 0.286. The highest BCUT2D eigenvalue weighted by Crippen LogP contribution is 2.27. The van der Waals surface area contributed by atoms with Gasteiger partial charge in [0.2, 0.25) is 5.78 Å². The van der Waals surface area contributed by atoms with E-state index in [2.05, 4.69) is 81.2 Å². The van der Waals surface area contributed by atoms with Crippen molar-refractivity contribution in [3.63, 3.8) is 0 Å². The van der Waals surface area contributed by atoms with Crippen LogP contribution in [0.1, 0.15) is 13.8 Å². The van der Waals surface area contributed by atoms with Gasteiger partial charge in [0.25, 0.3) is 0 Å². The van der Waals surface area contributed by atoms with Gasteiger partial charge in [0.05, 0.1) is 11.0 Å². The number of fused-ring (bicyclic) bond motifs is 3. The standard InChI is InChI=1S/C21H24N4/c1-3-23(4-2)14-15-25-20-16-18(17-8-6-5-7-9-17)10-11-19(20)24-13-12-22-21(24)25/h5-13,16H,3-4,14-15H2,1-2H3. The summed E-state index contributed by atoms with van der Waals surface area (Å²) in [5.74, 6) is 1.02. The zero-order chi connectivity index (χ0) is 17.2. The minimum absolute atomic E-state index is 0.948. The zero-order valence-electron chi connectivity index (χ0n) is 14.9. The Hall–Kier alpha value is -2.59. The second kappa shape index (κ2) is 6.73. The summed E-state index contributed by atoms with van der Waals surface area (Å²) in [7, 11) is 0. The molecule has 4 nitrogen and oxygen atoms in total. The van der Waals surface area contributed by atoms with Crippen LogP contribution in [0.2, 0.25) is 0 Å². The first-order valence-corrected chi connectivity index (χ1v) is 9.05. The van der Waals surface area contributed by atoms with Gasteiger partial charge >= 0.3 is 0 Å². The van der Waals surface area contributed by atoms with Crippen LogP contribution >= 0.6 is 0 Å². The number of imidazole rings is 2. The quantitative estimate of drug-likeness (QED) is 0.526. The molecule has 128 valence electrons. The zero-order valence-corrected chi connectivity index (χ0v) is 14.9. The van der Waals surface area contributed by atoms with Gasteiger partial charge in [0, 0.05) is 25.5 Å². The van der Waals surface area contributed by atoms with Crippen molar-refractivity contribution in [1.29, 1.82) is 0 Å². The van der Waals surface area contributed by atoms with Crippen molar-refractivity contribution in [2.75, 3.05) is 19.6 Å². The molecule has 0 N–H and O–H groups in total. The summed E-state index contributed by atoms with van der Waals surface area (Å²) >= 11 is 0. The molecule has 0 radical (unpaired) electrons. The number of aromatic nitrogens is 3. The van der Waals surface area contributed by atoms with Crippen molar-refractivity contribution in [2.45, 2.75) is 20.4 Å². The Morgan fingerprint density at radius 2 is 1.72 bits per heavy atom. The molecule has 0 saturated heterocycles. The molecule has 0 aliphatic rings. The maximum Gasteiger partial charge on any atom is 0.214 e. The highest BCUT2D eigenvalue weighted by Gasteiger charge is 2.13. The van der Waals surface area contributed by atoms with Crippen molar-refractivity contribution in [1.82, 2.24) is 18.9 Å². The molecule has 2 heterocycles. The van der Waals surface area contributed by atoms with Crippen molar-refractivity contribution in [3.05, 3.63) is 60.9 Å². The van der Waals surface area contributed by atoms with E-state index in [1.54, 1.807) is 0 Å². The highest BCUT2D eigenvalue weighted by atomic mass is 15.2. The molecule has 0 atom stereocenters. The molecular formula is C21H24N4. The van der Waals surface area contributed by atoms with Crippen LogP contribution in [0.4, 0.5) is 0 Å². The van der Waals surface area contributed by atoms with Crippen LogP contribution in [0.15, 0.2) is 60.9 Å². The lowest BCUT2D eigenvalue weighted by molar-refractivity contribution is 0.293. The predicted octanol–water partition coefficient (Wildman–Crippen LogP) is 4.30. The number of likely N-dealkylation sites (N-methyl/N-ethyl adjacent to an activating group) is 1. The second-order valence-electron chi connectivity index (χ2n) is 6.35. The van der Waals surface area contributed by atoms with Crippen LogP contribution in [0.3, 0.4) is 0 Å². The molecular weight excluding hydrogens is 308 g/mol. The fourth-order valence-corrected chi connectivity index (χ4v) is 3.55. The Balaban J connectivity index is 1.81. The normalized spacial score (nSPS) is 11.8. The molecule has 0 fully saturated rings. The number of nitrogens with zero attached hydrogens (tertiary/aromatic N) is 4. The van der Waals surface area contributed by atoms with E-state index in [0.29, 0.717) is 0 Å². The van der Waals surface area contributed by atoms with Gasteiger partial charge in [-0.2, -0.15) is 0 Å². The maximum atomic E-state index is 4.60. The van der Waals surface area contributed by atoms with E-state index in [1.807, 2.05) is 12.4 Å². The van der Waals surface area contributed by atoms with Crippen LogP contribution < -0.4 is 0 Å². The lowest BCUT2D eigenvalue weighted by atomic mass is 10.1. The Morgan fingerprint density at radius 1 is 0.920 bits per heavy atom. The Labute approximate surface area is 148 Å². The summed E-state index contributed by atoms with van der Waals surface area (Å²) in [5.41, 5.74) is 4.96. The first-order chi connectivity index (χ1) is 12.3. The molecule has 0 bridgehead atoms. The molecule has 4 heteroatoms. The van der Waals surface area contributed by atoms with E-state index >= 15 is 0 Å². The lowest BCUT2D eigenvalue weighted by Gasteiger charge is -2.18. The van der Waals surface area contributed by atoms with Crippen LogP contribution in [0.5, 0.6) is 0 Å². The van der Waals surface area contributed by atoms with Crippen molar-refractivity contribution >= 4 is 16.8 Å². The van der Waals surface area contributed by atoms with Crippen LogP contribution in [-0.4, -0.2) is 38.5 Å². The van der Waals surface area contributed by atoms with E-state index < -0.39 is 0 Å². The smallest absolute Gasteiger partial charge is 0.214 e. The molecule has 0 aliphatic carbocycles. The van der Waals surface area contributed by atoms with Gasteiger partial charge in [-0.15, -0.1) is 0 Å². The van der Waals surface area contributed by atoms with Gasteiger partial charge in [0.15, 0.2) is 0 Å². The SMILES string of the molecule is CCN(CC)CCn1c2cc(-c3ccccc3)ccc2n2ccnc12. The van der Waals surface area contributed by atoms with Gasteiger partial charge in [-0.1, -0.05) is 50.2 Å². The van der Waals surface area contributed by atoms with E-state index in [-0.39, 0.29) is 0 Å². The van der Waals surface area contributed by atoms with Crippen LogP contribution in [0, 0.1) is 0 Å². The Kier molecular flexibility index (Phi) is 4.28. The third-order valence-corrected chi connectivity index (χ3v) is 5.03. The van der Waals surface area contributed by atoms with Crippen molar-refractivity contribution < 1.29 is 0 Å². The number of hydrogen-bond acceptors (Lipinski definition) is 2. The largest absolute Gasteiger partial charge is 0.308 e. The first kappa shape index (κ1) is 15.9. The summed E-state index contributed by atoms with van der Waals surface area (Å²) in [4.78, 5) is 7.05. The topological polar surface area (TPSA) is 25.5 Å². The van der Waals surface area contributed by atoms with Gasteiger partial charge < -0.3 is 9.47 Å². The molecule has 25 heavy (non-hydrogen) atoms. The summed E-state index contributed by atoms with van der Waals surface area (Å²) in [6.07, 6.45) is 3.93. The number of benzene rings is 2. The molecule has 0 aliphatic heterocycles. The molecule has 4 rings (SSSR count). The second-order valence-corrected chi connectivity index (χ2v) is 6.35. The van der Waals surface area contributed by atoms with E-state index in [0.717, 1.165) is 32.0 Å². The molecule has 2 aromatic carbocycles. The summed E-state index contributed by atoms with van der Waals surface area (Å²) in [6.45, 7) is 8.58. The molecule has 2 aromatic heterocycles. The summed E-state index contributed by atoms with van der Waals surface area (Å²) in [5, 5.41) is 0. The van der Waals surface area contributed by atoms with E-state index in [1.165, 1.54) is 22.2 Å². The molecule has 0 unspecified atom stereocenters. The third kappa shape index (κ3) is 2.83. The van der Waals surface area contributed by atoms with Gasteiger partial charge in [-0.3, -0.25) is 4.40 Å². The fourth-order valence-electron chi connectivity index (χ4n) is 3.55. The highest BCUT2D eigenvalue weighted by molar-refractivity contribution is 5.86. The lowest BCUT2D eigenvalue weighted by Crippen LogP contribution is -2.27. The summed E-state index contributed by atoms with van der Waals surface area (Å²) in [6, 6.07) is 17.3. The number of hydrogen-bond donors (Lipinski definition) is 0. The molecule has 0 amide bonds. The van der Waals surface area contributed by atoms with Crippen molar-refractivity contribution in [3.8, 4) is 11.1 Å². The van der Waals surface area contributed by atoms with Gasteiger partial charge in [0.1, 0.15) is 0 Å². The molecule has 0 saturated carbocycles. The Morgan fingerprint density at radius 3 is 2.48 bits per heavy atom. The minimum Gasteiger partial charge on any atom is -0.308 e. The van der Waals surface area contributed by atoms with Crippen LogP contribution in [0.25, 0.3) is 27.9 Å². The summed E-state index contributed by atoms with van der Waals surface area (Å²) < 4.78 is 4.53. The minimum atomic E-state index is 0.948. The predicted molar refractivity (Wildman–Crippen MR) is 104 cm³/mol. The van der Waals surface area contributed by atoms with Crippen LogP contribution in [-0.2, 0) is 6.54 Å². The maximum absolute atomic E-state index is 4.60. The monoisotopic (exact) mass is 332 g/mol. The molecule has 4 aromatic rings. The average Bonchev–Trinajstić information content (AvgIpc) is 3.24. The third-order valence-electron chi connectivity index (χ3n) is 5.03. The average molecular weight is 332 g/mol. The van der Waals surface area contributed by atoms with E-state index in [9.17, 15) is 0 Å². The van der Waals surface area contributed by atoms with Crippen molar-refractivity contribution in [2.24, 2.45) is 0 Å². The van der Waals surface area contributed by atoms with Gasteiger partial charge in [-0.25, -0.2) is 4.98 Å².